The van der Waals surface area contributed by atoms with Crippen LogP contribution < -0.4 is 5.32 Å². The maximum atomic E-state index is 13.8. The number of hydrogen-bond acceptors (Lipinski definition) is 6. The molecule has 0 saturated carbocycles. The number of hydrogen-bond donors (Lipinski definition) is 1. The lowest BCUT2D eigenvalue weighted by atomic mass is 10.0. The summed E-state index contributed by atoms with van der Waals surface area (Å²) < 4.78 is 19.0. The summed E-state index contributed by atoms with van der Waals surface area (Å²) in [7, 11) is 0. The molecule has 1 saturated heterocycles. The van der Waals surface area contributed by atoms with Gasteiger partial charge in [-0.1, -0.05) is 23.4 Å². The van der Waals surface area contributed by atoms with E-state index in [1.54, 1.807) is 31.5 Å². The number of carbonyl (C=O) groups excluding carboxylic acids is 1. The van der Waals surface area contributed by atoms with Crippen LogP contribution in [0.25, 0.3) is 11.4 Å². The van der Waals surface area contributed by atoms with Crippen LogP contribution in [-0.2, 0) is 11.2 Å². The van der Waals surface area contributed by atoms with Crippen LogP contribution in [0.3, 0.4) is 0 Å². The number of benzene rings is 1. The third kappa shape index (κ3) is 4.32. The standard InChI is InChI=1S/C21H22FN5O2/c1-14-4-5-15(11-17(14)22)21-25-19(29-26-21)6-7-20(28)27-10-9-24-13-18(27)16-3-2-8-23-12-16/h2-5,8,11-12,18,24H,6-7,9-10,13H2,1H3. The van der Waals surface area contributed by atoms with Crippen LogP contribution >= 0.6 is 0 Å². The summed E-state index contributed by atoms with van der Waals surface area (Å²) in [4.78, 5) is 23.2. The summed E-state index contributed by atoms with van der Waals surface area (Å²) >= 11 is 0. The van der Waals surface area contributed by atoms with Crippen molar-refractivity contribution in [3.05, 3.63) is 65.6 Å². The molecule has 1 aliphatic heterocycles. The Morgan fingerprint density at radius 3 is 3.07 bits per heavy atom. The minimum Gasteiger partial charge on any atom is -0.339 e. The van der Waals surface area contributed by atoms with E-state index in [4.69, 9.17) is 4.52 Å². The predicted octanol–water partition coefficient (Wildman–Crippen LogP) is 2.68. The zero-order valence-electron chi connectivity index (χ0n) is 16.1. The van der Waals surface area contributed by atoms with Gasteiger partial charge >= 0.3 is 0 Å². The van der Waals surface area contributed by atoms with Crippen molar-refractivity contribution >= 4 is 5.91 Å². The largest absolute Gasteiger partial charge is 0.339 e. The van der Waals surface area contributed by atoms with Gasteiger partial charge in [0.05, 0.1) is 6.04 Å². The molecule has 4 rings (SSSR count). The van der Waals surface area contributed by atoms with E-state index >= 15 is 0 Å². The van der Waals surface area contributed by atoms with Crippen molar-refractivity contribution < 1.29 is 13.7 Å². The van der Waals surface area contributed by atoms with E-state index < -0.39 is 0 Å². The van der Waals surface area contributed by atoms with E-state index in [0.29, 0.717) is 42.4 Å². The Kier molecular flexibility index (Phi) is 5.62. The molecular weight excluding hydrogens is 373 g/mol. The van der Waals surface area contributed by atoms with Crippen molar-refractivity contribution in [2.75, 3.05) is 19.6 Å². The molecule has 0 spiro atoms. The second-order valence-electron chi connectivity index (χ2n) is 7.07. The van der Waals surface area contributed by atoms with Crippen LogP contribution in [0, 0.1) is 12.7 Å². The number of carbonyl (C=O) groups is 1. The zero-order valence-corrected chi connectivity index (χ0v) is 16.1. The number of rotatable bonds is 5. The van der Waals surface area contributed by atoms with Gasteiger partial charge < -0.3 is 14.7 Å². The normalized spacial score (nSPS) is 16.8. The molecule has 29 heavy (non-hydrogen) atoms. The number of amides is 1. The molecular formula is C21H22FN5O2. The van der Waals surface area contributed by atoms with Crippen molar-refractivity contribution in [2.45, 2.75) is 25.8 Å². The van der Waals surface area contributed by atoms with E-state index in [1.807, 2.05) is 17.0 Å². The van der Waals surface area contributed by atoms with Crippen LogP contribution in [0.1, 0.15) is 29.5 Å². The average molecular weight is 395 g/mol. The fraction of sp³-hybridized carbons (Fsp3) is 0.333. The fourth-order valence-electron chi connectivity index (χ4n) is 3.44. The predicted molar refractivity (Wildman–Crippen MR) is 104 cm³/mol. The van der Waals surface area contributed by atoms with Crippen LogP contribution in [0.2, 0.25) is 0 Å². The Bertz CT molecular complexity index is 992. The Hall–Kier alpha value is -3.13. The molecule has 1 aliphatic rings. The molecule has 1 atom stereocenters. The second kappa shape index (κ2) is 8.48. The summed E-state index contributed by atoms with van der Waals surface area (Å²) in [6.45, 7) is 3.78. The molecule has 150 valence electrons. The molecule has 0 bridgehead atoms. The molecule has 1 N–H and O–H groups in total. The summed E-state index contributed by atoms with van der Waals surface area (Å²) in [5.74, 6) is 0.398. The zero-order chi connectivity index (χ0) is 20.2. The van der Waals surface area contributed by atoms with Gasteiger partial charge in [0.1, 0.15) is 5.82 Å². The highest BCUT2D eigenvalue weighted by molar-refractivity contribution is 5.77. The highest BCUT2D eigenvalue weighted by atomic mass is 19.1. The summed E-state index contributed by atoms with van der Waals surface area (Å²) in [6, 6.07) is 8.62. The maximum absolute atomic E-state index is 13.8. The van der Waals surface area contributed by atoms with Crippen LogP contribution in [-0.4, -0.2) is 45.6 Å². The van der Waals surface area contributed by atoms with Gasteiger partial charge in [-0.3, -0.25) is 9.78 Å². The van der Waals surface area contributed by atoms with E-state index in [9.17, 15) is 9.18 Å². The van der Waals surface area contributed by atoms with Gasteiger partial charge in [-0.25, -0.2) is 4.39 Å². The van der Waals surface area contributed by atoms with E-state index in [-0.39, 0.29) is 24.2 Å². The minimum atomic E-state index is -0.316. The van der Waals surface area contributed by atoms with Gasteiger partial charge in [-0.15, -0.1) is 0 Å². The number of halogens is 1. The Morgan fingerprint density at radius 1 is 1.38 bits per heavy atom. The molecule has 0 radical (unpaired) electrons. The van der Waals surface area contributed by atoms with E-state index in [1.165, 1.54) is 6.07 Å². The Morgan fingerprint density at radius 2 is 2.28 bits per heavy atom. The number of aryl methyl sites for hydroxylation is 2. The highest BCUT2D eigenvalue weighted by Gasteiger charge is 2.28. The number of piperazine rings is 1. The summed E-state index contributed by atoms with van der Waals surface area (Å²) in [5.41, 5.74) is 2.12. The molecule has 1 fully saturated rings. The molecule has 3 aromatic rings. The van der Waals surface area contributed by atoms with Crippen molar-refractivity contribution in [1.82, 2.24) is 25.3 Å². The van der Waals surface area contributed by atoms with Crippen LogP contribution in [0.15, 0.2) is 47.2 Å². The fourth-order valence-corrected chi connectivity index (χ4v) is 3.44. The van der Waals surface area contributed by atoms with Crippen molar-refractivity contribution in [2.24, 2.45) is 0 Å². The van der Waals surface area contributed by atoms with Crippen LogP contribution in [0.4, 0.5) is 4.39 Å². The lowest BCUT2D eigenvalue weighted by Gasteiger charge is -2.36. The van der Waals surface area contributed by atoms with Crippen molar-refractivity contribution in [1.29, 1.82) is 0 Å². The van der Waals surface area contributed by atoms with Gasteiger partial charge in [0.25, 0.3) is 0 Å². The number of pyridine rings is 1. The van der Waals surface area contributed by atoms with Gasteiger partial charge in [0.15, 0.2) is 0 Å². The van der Waals surface area contributed by atoms with Gasteiger partial charge in [0.2, 0.25) is 17.6 Å². The van der Waals surface area contributed by atoms with Crippen molar-refractivity contribution in [3.8, 4) is 11.4 Å². The smallest absolute Gasteiger partial charge is 0.227 e. The first-order chi connectivity index (χ1) is 14.1. The molecule has 3 heterocycles. The first-order valence-corrected chi connectivity index (χ1v) is 9.61. The molecule has 2 aromatic heterocycles. The lowest BCUT2D eigenvalue weighted by Crippen LogP contribution is -2.48. The number of nitrogens with zero attached hydrogens (tertiary/aromatic N) is 4. The molecule has 1 unspecified atom stereocenters. The number of aromatic nitrogens is 3. The van der Waals surface area contributed by atoms with Gasteiger partial charge in [-0.05, 0) is 30.2 Å². The SMILES string of the molecule is Cc1ccc(-c2noc(CCC(=O)N3CCNCC3c3cccnc3)n2)cc1F. The van der Waals surface area contributed by atoms with Gasteiger partial charge in [-0.2, -0.15) is 4.98 Å². The number of nitrogens with one attached hydrogen (secondary N) is 1. The maximum Gasteiger partial charge on any atom is 0.227 e. The molecule has 8 heteroatoms. The lowest BCUT2D eigenvalue weighted by molar-refractivity contribution is -0.134. The third-order valence-electron chi connectivity index (χ3n) is 5.08. The van der Waals surface area contributed by atoms with E-state index in [0.717, 1.165) is 12.1 Å². The van der Waals surface area contributed by atoms with Gasteiger partial charge in [0, 0.05) is 50.4 Å². The molecule has 1 amide bonds. The first kappa shape index (κ1) is 19.2. The highest BCUT2D eigenvalue weighted by Crippen LogP contribution is 2.23. The monoisotopic (exact) mass is 395 g/mol. The van der Waals surface area contributed by atoms with E-state index in [2.05, 4.69) is 20.4 Å². The summed E-state index contributed by atoms with van der Waals surface area (Å²) in [5, 5.41) is 7.24. The second-order valence-corrected chi connectivity index (χ2v) is 7.07. The summed E-state index contributed by atoms with van der Waals surface area (Å²) in [6.07, 6.45) is 4.12. The van der Waals surface area contributed by atoms with Crippen molar-refractivity contribution in [3.63, 3.8) is 0 Å². The van der Waals surface area contributed by atoms with Crippen LogP contribution in [0.5, 0.6) is 0 Å². The molecule has 1 aromatic carbocycles. The minimum absolute atomic E-state index is 0.0292. The quantitative estimate of drug-likeness (QED) is 0.715. The molecule has 7 nitrogen and oxygen atoms in total. The Labute approximate surface area is 168 Å². The topological polar surface area (TPSA) is 84.2 Å². The average Bonchev–Trinajstić information content (AvgIpc) is 3.24. The first-order valence-electron chi connectivity index (χ1n) is 9.61. The molecule has 0 aliphatic carbocycles. The third-order valence-corrected chi connectivity index (χ3v) is 5.08. The Balaban J connectivity index is 1.41.